The SMILES string of the molecule is COC(=O)N[C@H](C(=O)N1CC(C)OC(c2ccccc2)C1)C(C)C. The number of morpholine rings is 1. The fraction of sp³-hybridized carbons (Fsp3) is 0.556. The first-order valence-corrected chi connectivity index (χ1v) is 8.26. The highest BCUT2D eigenvalue weighted by Crippen LogP contribution is 2.26. The summed E-state index contributed by atoms with van der Waals surface area (Å²) >= 11 is 0. The van der Waals surface area contributed by atoms with Gasteiger partial charge >= 0.3 is 6.09 Å². The molecule has 0 radical (unpaired) electrons. The van der Waals surface area contributed by atoms with Crippen LogP contribution in [0.3, 0.4) is 0 Å². The smallest absolute Gasteiger partial charge is 0.407 e. The molecule has 132 valence electrons. The van der Waals surface area contributed by atoms with E-state index in [0.29, 0.717) is 13.1 Å². The molecule has 6 nitrogen and oxygen atoms in total. The number of nitrogens with zero attached hydrogens (tertiary/aromatic N) is 1. The topological polar surface area (TPSA) is 67.9 Å². The number of carbonyl (C=O) groups is 2. The molecule has 6 heteroatoms. The Labute approximate surface area is 143 Å². The van der Waals surface area contributed by atoms with Gasteiger partial charge in [0.2, 0.25) is 5.91 Å². The summed E-state index contributed by atoms with van der Waals surface area (Å²) in [7, 11) is 1.29. The zero-order chi connectivity index (χ0) is 17.7. The molecule has 0 bridgehead atoms. The van der Waals surface area contributed by atoms with Gasteiger partial charge in [0.1, 0.15) is 12.1 Å². The Balaban J connectivity index is 2.13. The Kier molecular flexibility index (Phi) is 6.20. The van der Waals surface area contributed by atoms with Gasteiger partial charge in [-0.3, -0.25) is 4.79 Å². The van der Waals surface area contributed by atoms with Gasteiger partial charge in [-0.2, -0.15) is 0 Å². The van der Waals surface area contributed by atoms with Crippen LogP contribution in [0.1, 0.15) is 32.4 Å². The number of nitrogens with one attached hydrogen (secondary N) is 1. The van der Waals surface area contributed by atoms with E-state index in [2.05, 4.69) is 10.1 Å². The van der Waals surface area contributed by atoms with Crippen molar-refractivity contribution in [3.05, 3.63) is 35.9 Å². The third-order valence-corrected chi connectivity index (χ3v) is 4.13. The van der Waals surface area contributed by atoms with Crippen molar-refractivity contribution in [2.24, 2.45) is 5.92 Å². The summed E-state index contributed by atoms with van der Waals surface area (Å²) in [6.45, 7) is 6.73. The van der Waals surface area contributed by atoms with Gasteiger partial charge in [0.15, 0.2) is 0 Å². The largest absolute Gasteiger partial charge is 0.453 e. The van der Waals surface area contributed by atoms with Crippen LogP contribution in [0.25, 0.3) is 0 Å². The van der Waals surface area contributed by atoms with Crippen molar-refractivity contribution in [3.8, 4) is 0 Å². The van der Waals surface area contributed by atoms with Crippen molar-refractivity contribution in [1.29, 1.82) is 0 Å². The Morgan fingerprint density at radius 3 is 2.50 bits per heavy atom. The molecule has 1 aromatic carbocycles. The highest BCUT2D eigenvalue weighted by molar-refractivity contribution is 5.86. The van der Waals surface area contributed by atoms with Gasteiger partial charge in [-0.25, -0.2) is 4.79 Å². The molecule has 2 unspecified atom stereocenters. The van der Waals surface area contributed by atoms with E-state index in [1.165, 1.54) is 7.11 Å². The van der Waals surface area contributed by atoms with Crippen LogP contribution in [-0.2, 0) is 14.3 Å². The van der Waals surface area contributed by atoms with Gasteiger partial charge in [-0.05, 0) is 18.4 Å². The standard InChI is InChI=1S/C18H26N2O4/c1-12(2)16(19-18(22)23-4)17(21)20-10-13(3)24-15(11-20)14-8-6-5-7-9-14/h5-9,12-13,15-16H,10-11H2,1-4H3,(H,19,22)/t13?,15?,16-/m0/s1. The summed E-state index contributed by atoms with van der Waals surface area (Å²) < 4.78 is 10.6. The lowest BCUT2D eigenvalue weighted by atomic mass is 10.0. The number of hydrogen-bond donors (Lipinski definition) is 1. The van der Waals surface area contributed by atoms with Crippen LogP contribution in [0.4, 0.5) is 4.79 Å². The minimum Gasteiger partial charge on any atom is -0.453 e. The molecule has 0 aromatic heterocycles. The molecule has 1 aromatic rings. The van der Waals surface area contributed by atoms with Crippen molar-refractivity contribution >= 4 is 12.0 Å². The summed E-state index contributed by atoms with van der Waals surface area (Å²) in [5, 5.41) is 2.64. The van der Waals surface area contributed by atoms with Crippen LogP contribution in [0.15, 0.2) is 30.3 Å². The van der Waals surface area contributed by atoms with E-state index in [1.54, 1.807) is 4.90 Å². The Hall–Kier alpha value is -2.08. The molecular formula is C18H26N2O4. The molecule has 0 spiro atoms. The van der Waals surface area contributed by atoms with E-state index in [4.69, 9.17) is 4.74 Å². The molecule has 1 fully saturated rings. The summed E-state index contributed by atoms with van der Waals surface area (Å²) in [4.78, 5) is 26.2. The monoisotopic (exact) mass is 334 g/mol. The summed E-state index contributed by atoms with van der Waals surface area (Å²) in [6.07, 6.45) is -0.827. The number of methoxy groups -OCH3 is 1. The van der Waals surface area contributed by atoms with E-state index < -0.39 is 12.1 Å². The van der Waals surface area contributed by atoms with Gasteiger partial charge in [-0.1, -0.05) is 44.2 Å². The van der Waals surface area contributed by atoms with Crippen LogP contribution in [-0.4, -0.2) is 49.2 Å². The van der Waals surface area contributed by atoms with Crippen molar-refractivity contribution in [2.75, 3.05) is 20.2 Å². The quantitative estimate of drug-likeness (QED) is 0.918. The lowest BCUT2D eigenvalue weighted by Gasteiger charge is -2.39. The summed E-state index contributed by atoms with van der Waals surface area (Å²) in [5.41, 5.74) is 1.05. The molecule has 0 aliphatic carbocycles. The number of ether oxygens (including phenoxy) is 2. The highest BCUT2D eigenvalue weighted by Gasteiger charge is 2.34. The first kappa shape index (κ1) is 18.3. The number of carbonyl (C=O) groups excluding carboxylic acids is 2. The maximum Gasteiger partial charge on any atom is 0.407 e. The molecule has 0 saturated carbocycles. The van der Waals surface area contributed by atoms with Gasteiger partial charge in [0, 0.05) is 6.54 Å². The summed E-state index contributed by atoms with van der Waals surface area (Å²) in [6, 6.07) is 9.25. The fourth-order valence-electron chi connectivity index (χ4n) is 2.88. The molecule has 1 saturated heterocycles. The zero-order valence-electron chi connectivity index (χ0n) is 14.7. The Morgan fingerprint density at radius 1 is 1.25 bits per heavy atom. The van der Waals surface area contributed by atoms with Crippen molar-refractivity contribution in [1.82, 2.24) is 10.2 Å². The molecule has 2 rings (SSSR count). The molecule has 3 atom stereocenters. The predicted molar refractivity (Wildman–Crippen MR) is 90.5 cm³/mol. The van der Waals surface area contributed by atoms with Crippen molar-refractivity contribution in [2.45, 2.75) is 39.0 Å². The van der Waals surface area contributed by atoms with E-state index in [1.807, 2.05) is 51.1 Å². The van der Waals surface area contributed by atoms with Gasteiger partial charge in [0.25, 0.3) is 0 Å². The van der Waals surface area contributed by atoms with E-state index in [9.17, 15) is 9.59 Å². The molecule has 24 heavy (non-hydrogen) atoms. The summed E-state index contributed by atoms with van der Waals surface area (Å²) in [5.74, 6) is -0.142. The average Bonchev–Trinajstić information content (AvgIpc) is 2.58. The minimum absolute atomic E-state index is 0.0371. The van der Waals surface area contributed by atoms with Gasteiger partial charge in [-0.15, -0.1) is 0 Å². The second-order valence-electron chi connectivity index (χ2n) is 6.45. The second kappa shape index (κ2) is 8.15. The highest BCUT2D eigenvalue weighted by atomic mass is 16.5. The van der Waals surface area contributed by atoms with E-state index in [0.717, 1.165) is 5.56 Å². The maximum absolute atomic E-state index is 12.9. The zero-order valence-corrected chi connectivity index (χ0v) is 14.7. The van der Waals surface area contributed by atoms with E-state index >= 15 is 0 Å². The number of amides is 2. The molecule has 1 aliphatic rings. The number of alkyl carbamates (subject to hydrolysis) is 1. The first-order chi connectivity index (χ1) is 11.4. The molecule has 1 N–H and O–H groups in total. The van der Waals surface area contributed by atoms with Crippen LogP contribution in [0.2, 0.25) is 0 Å². The normalized spacial score (nSPS) is 22.1. The minimum atomic E-state index is -0.612. The van der Waals surface area contributed by atoms with Crippen LogP contribution < -0.4 is 5.32 Å². The number of benzene rings is 1. The lowest BCUT2D eigenvalue weighted by molar-refractivity contribution is -0.148. The number of rotatable bonds is 4. The van der Waals surface area contributed by atoms with E-state index in [-0.39, 0.29) is 24.0 Å². The van der Waals surface area contributed by atoms with Crippen molar-refractivity contribution < 1.29 is 19.1 Å². The molecular weight excluding hydrogens is 308 g/mol. The van der Waals surface area contributed by atoms with Gasteiger partial charge < -0.3 is 19.7 Å². The van der Waals surface area contributed by atoms with Gasteiger partial charge in [0.05, 0.1) is 19.8 Å². The van der Waals surface area contributed by atoms with Crippen LogP contribution >= 0.6 is 0 Å². The second-order valence-corrected chi connectivity index (χ2v) is 6.45. The Morgan fingerprint density at radius 2 is 1.92 bits per heavy atom. The Bertz CT molecular complexity index is 561. The predicted octanol–water partition coefficient (Wildman–Crippen LogP) is 2.36. The third kappa shape index (κ3) is 4.47. The first-order valence-electron chi connectivity index (χ1n) is 8.26. The molecule has 1 aliphatic heterocycles. The van der Waals surface area contributed by atoms with Crippen LogP contribution in [0, 0.1) is 5.92 Å². The molecule has 2 amide bonds. The van der Waals surface area contributed by atoms with Crippen molar-refractivity contribution in [3.63, 3.8) is 0 Å². The maximum atomic E-state index is 12.9. The number of hydrogen-bond acceptors (Lipinski definition) is 4. The fourth-order valence-corrected chi connectivity index (χ4v) is 2.88. The molecule has 1 heterocycles. The average molecular weight is 334 g/mol. The lowest BCUT2D eigenvalue weighted by Crippen LogP contribution is -2.55. The van der Waals surface area contributed by atoms with Crippen LogP contribution in [0.5, 0.6) is 0 Å². The third-order valence-electron chi connectivity index (χ3n) is 4.13.